The predicted molar refractivity (Wildman–Crippen MR) is 37.7 cm³/mol. The van der Waals surface area contributed by atoms with E-state index in [1.54, 1.807) is 0 Å². The molecular weight excluding hydrogens is 116 g/mol. The smallest absolute Gasteiger partial charge is 0.0965 e. The fraction of sp³-hybridized carbons (Fsp3) is 1.00. The van der Waals surface area contributed by atoms with Gasteiger partial charge in [0.05, 0.1) is 5.66 Å². The molecule has 0 saturated carbocycles. The number of nitrogens with zero attached hydrogens (tertiary/aromatic N) is 1. The van der Waals surface area contributed by atoms with Crippen LogP contribution in [0.2, 0.25) is 0 Å². The Morgan fingerprint density at radius 3 is 1.56 bits per heavy atom. The molecule has 0 atom stereocenters. The van der Waals surface area contributed by atoms with E-state index in [2.05, 4.69) is 0 Å². The molecule has 9 heavy (non-hydrogen) atoms. The Bertz CT molecular complexity index is 77.0. The summed E-state index contributed by atoms with van der Waals surface area (Å²) in [6.07, 6.45) is 1.52. The Morgan fingerprint density at radius 1 is 1.22 bits per heavy atom. The highest BCUT2D eigenvalue weighted by Gasteiger charge is 2.23. The maximum Gasteiger partial charge on any atom is 0.0965 e. The van der Waals surface area contributed by atoms with Gasteiger partial charge >= 0.3 is 0 Å². The molecule has 0 aromatic rings. The Hall–Kier alpha value is -0.160. The number of rotatable bonds is 3. The summed E-state index contributed by atoms with van der Waals surface area (Å²) in [5.41, 5.74) is 5.19. The van der Waals surface area contributed by atoms with Crippen LogP contribution in [0.25, 0.3) is 0 Å². The molecule has 56 valence electrons. The van der Waals surface area contributed by atoms with Crippen LogP contribution in [0, 0.1) is 0 Å². The van der Waals surface area contributed by atoms with E-state index >= 15 is 0 Å². The van der Waals surface area contributed by atoms with Crippen LogP contribution in [0.15, 0.2) is 0 Å². The molecule has 0 spiro atoms. The summed E-state index contributed by atoms with van der Waals surface area (Å²) in [4.78, 5) is 0. The van der Waals surface area contributed by atoms with E-state index in [1.165, 1.54) is 0 Å². The van der Waals surface area contributed by atoms with Crippen molar-refractivity contribution in [3.8, 4) is 0 Å². The molecule has 0 radical (unpaired) electrons. The Labute approximate surface area is 55.9 Å². The second kappa shape index (κ2) is 3.12. The molecule has 0 aliphatic rings. The van der Waals surface area contributed by atoms with Gasteiger partial charge in [-0.2, -0.15) is 5.12 Å². The minimum absolute atomic E-state index is 0.528. The van der Waals surface area contributed by atoms with Gasteiger partial charge in [-0.3, -0.25) is 11.7 Å². The van der Waals surface area contributed by atoms with Crippen LogP contribution in [0.4, 0.5) is 0 Å². The number of nitrogens with two attached hydrogens (primary N) is 3. The predicted octanol–water partition coefficient (Wildman–Crippen LogP) is -0.489. The summed E-state index contributed by atoms with van der Waals surface area (Å²) in [5.74, 6) is 10.6. The normalized spacial score (nSPS) is 12.7. The van der Waals surface area contributed by atoms with Gasteiger partial charge in [0.2, 0.25) is 0 Å². The summed E-state index contributed by atoms with van der Waals surface area (Å²) in [6, 6.07) is 0. The lowest BCUT2D eigenvalue weighted by molar-refractivity contribution is 0.0840. The summed E-state index contributed by atoms with van der Waals surface area (Å²) >= 11 is 0. The van der Waals surface area contributed by atoms with Gasteiger partial charge < -0.3 is 5.73 Å². The lowest BCUT2D eigenvalue weighted by Gasteiger charge is -2.32. The van der Waals surface area contributed by atoms with E-state index in [9.17, 15) is 0 Å². The van der Waals surface area contributed by atoms with Crippen LogP contribution in [0.5, 0.6) is 0 Å². The highest BCUT2D eigenvalue weighted by molar-refractivity contribution is 4.74. The highest BCUT2D eigenvalue weighted by Crippen LogP contribution is 2.09. The second-order valence-corrected chi connectivity index (χ2v) is 2.22. The van der Waals surface area contributed by atoms with E-state index in [1.807, 2.05) is 13.8 Å². The molecule has 0 rings (SSSR count). The second-order valence-electron chi connectivity index (χ2n) is 2.22. The van der Waals surface area contributed by atoms with Gasteiger partial charge in [0, 0.05) is 0 Å². The zero-order valence-electron chi connectivity index (χ0n) is 6.09. The molecule has 6 N–H and O–H groups in total. The van der Waals surface area contributed by atoms with Crippen LogP contribution in [0.1, 0.15) is 26.7 Å². The van der Waals surface area contributed by atoms with E-state index in [0.717, 1.165) is 18.0 Å². The van der Waals surface area contributed by atoms with Crippen molar-refractivity contribution in [1.29, 1.82) is 0 Å². The molecule has 0 heterocycles. The summed E-state index contributed by atoms with van der Waals surface area (Å²) in [7, 11) is 0. The van der Waals surface area contributed by atoms with Crippen molar-refractivity contribution < 1.29 is 0 Å². The molecule has 0 aromatic carbocycles. The van der Waals surface area contributed by atoms with E-state index in [-0.39, 0.29) is 0 Å². The van der Waals surface area contributed by atoms with Crippen molar-refractivity contribution >= 4 is 0 Å². The molecule has 0 bridgehead atoms. The molecule has 4 nitrogen and oxygen atoms in total. The third kappa shape index (κ3) is 1.91. The third-order valence-corrected chi connectivity index (χ3v) is 1.74. The zero-order chi connectivity index (χ0) is 7.49. The maximum atomic E-state index is 5.72. The standard InChI is InChI=1S/C5H16N4/c1-3-5(6,4-2)9(7)8/h3-4,6-8H2,1-2H3. The maximum absolute atomic E-state index is 5.72. The molecular formula is C5H16N4. The van der Waals surface area contributed by atoms with Crippen molar-refractivity contribution in [3.63, 3.8) is 0 Å². The van der Waals surface area contributed by atoms with Gasteiger partial charge in [0.15, 0.2) is 0 Å². The summed E-state index contributed by atoms with van der Waals surface area (Å²) in [5, 5.41) is 1.08. The van der Waals surface area contributed by atoms with Crippen molar-refractivity contribution in [3.05, 3.63) is 0 Å². The summed E-state index contributed by atoms with van der Waals surface area (Å²) in [6.45, 7) is 3.91. The summed E-state index contributed by atoms with van der Waals surface area (Å²) < 4.78 is 0. The van der Waals surface area contributed by atoms with Gasteiger partial charge in [0.1, 0.15) is 0 Å². The van der Waals surface area contributed by atoms with Crippen molar-refractivity contribution in [1.82, 2.24) is 5.12 Å². The van der Waals surface area contributed by atoms with E-state index in [4.69, 9.17) is 17.4 Å². The lowest BCUT2D eigenvalue weighted by atomic mass is 10.1. The molecule has 0 aliphatic carbocycles. The van der Waals surface area contributed by atoms with Crippen LogP contribution in [-0.2, 0) is 0 Å². The van der Waals surface area contributed by atoms with Crippen molar-refractivity contribution in [2.75, 3.05) is 0 Å². The quantitative estimate of drug-likeness (QED) is 0.275. The van der Waals surface area contributed by atoms with Crippen LogP contribution in [0.3, 0.4) is 0 Å². The average molecular weight is 132 g/mol. The monoisotopic (exact) mass is 132 g/mol. The number of hydrazine groups is 2. The number of hydrogen-bond acceptors (Lipinski definition) is 4. The molecule has 0 saturated heterocycles. The van der Waals surface area contributed by atoms with Crippen LogP contribution < -0.4 is 17.4 Å². The largest absolute Gasteiger partial charge is 0.311 e. The topological polar surface area (TPSA) is 81.3 Å². The van der Waals surface area contributed by atoms with Crippen molar-refractivity contribution in [2.45, 2.75) is 32.4 Å². The first kappa shape index (κ1) is 8.84. The first-order valence-corrected chi connectivity index (χ1v) is 3.15. The first-order chi connectivity index (χ1) is 4.06. The average Bonchev–Trinajstić information content (AvgIpc) is 1.86. The minimum atomic E-state index is -0.528. The fourth-order valence-electron chi connectivity index (χ4n) is 0.615. The zero-order valence-corrected chi connectivity index (χ0v) is 6.09. The van der Waals surface area contributed by atoms with Crippen molar-refractivity contribution in [2.24, 2.45) is 17.4 Å². The first-order valence-electron chi connectivity index (χ1n) is 3.15. The number of hydrogen-bond donors (Lipinski definition) is 3. The molecule has 4 heteroatoms. The van der Waals surface area contributed by atoms with E-state index in [0.29, 0.717) is 0 Å². The van der Waals surface area contributed by atoms with Gasteiger partial charge in [-0.1, -0.05) is 13.8 Å². The molecule has 0 amide bonds. The Balaban J connectivity index is 3.92. The van der Waals surface area contributed by atoms with Crippen LogP contribution >= 0.6 is 0 Å². The Morgan fingerprint density at radius 2 is 1.56 bits per heavy atom. The molecule has 0 fully saturated rings. The molecule has 0 aliphatic heterocycles. The fourth-order valence-corrected chi connectivity index (χ4v) is 0.615. The Kier molecular flexibility index (Phi) is 3.07. The SMILES string of the molecule is CCC(N)(CC)N(N)N. The molecule has 0 aromatic heterocycles. The van der Waals surface area contributed by atoms with Gasteiger partial charge in [0.25, 0.3) is 0 Å². The third-order valence-electron chi connectivity index (χ3n) is 1.74. The molecule has 0 unspecified atom stereocenters. The lowest BCUT2D eigenvalue weighted by Crippen LogP contribution is -2.62. The van der Waals surface area contributed by atoms with E-state index < -0.39 is 5.66 Å². The highest BCUT2D eigenvalue weighted by atomic mass is 15.6. The van der Waals surface area contributed by atoms with Gasteiger partial charge in [-0.15, -0.1) is 0 Å². The minimum Gasteiger partial charge on any atom is -0.311 e. The van der Waals surface area contributed by atoms with Gasteiger partial charge in [-0.05, 0) is 12.8 Å². The van der Waals surface area contributed by atoms with Gasteiger partial charge in [-0.25, -0.2) is 0 Å². The van der Waals surface area contributed by atoms with Crippen LogP contribution in [-0.4, -0.2) is 10.8 Å².